The molecule has 1 saturated heterocycles. The number of aldehydes is 2. The molecule has 1 heterocycles. The Morgan fingerprint density at radius 2 is 1.87 bits per heavy atom. The number of hydrogen-bond donors (Lipinski definition) is 3. The third-order valence-electron chi connectivity index (χ3n) is 5.41. The normalized spacial score (nSPS) is 17.9. The summed E-state index contributed by atoms with van der Waals surface area (Å²) in [4.78, 5) is 24.6. The highest BCUT2D eigenvalue weighted by molar-refractivity contribution is 5.84. The van der Waals surface area contributed by atoms with E-state index in [1.165, 1.54) is 19.2 Å². The van der Waals surface area contributed by atoms with Crippen molar-refractivity contribution >= 4 is 12.6 Å². The molecule has 1 aliphatic rings. The van der Waals surface area contributed by atoms with E-state index in [-0.39, 0.29) is 52.3 Å². The van der Waals surface area contributed by atoms with Crippen molar-refractivity contribution in [1.29, 1.82) is 0 Å². The Bertz CT molecular complexity index is 915. The van der Waals surface area contributed by atoms with Gasteiger partial charge in [-0.1, -0.05) is 18.6 Å². The van der Waals surface area contributed by atoms with Crippen molar-refractivity contribution in [3.05, 3.63) is 47.0 Å². The number of rotatable bonds is 8. The van der Waals surface area contributed by atoms with E-state index in [0.29, 0.717) is 19.1 Å². The van der Waals surface area contributed by atoms with Crippen LogP contribution in [0.15, 0.2) is 30.3 Å². The highest BCUT2D eigenvalue weighted by Crippen LogP contribution is 2.36. The molecule has 1 aliphatic heterocycles. The predicted molar refractivity (Wildman–Crippen MR) is 108 cm³/mol. The molecule has 30 heavy (non-hydrogen) atoms. The summed E-state index contributed by atoms with van der Waals surface area (Å²) in [5, 5.41) is 31.1. The molecule has 0 aromatic heterocycles. The van der Waals surface area contributed by atoms with Gasteiger partial charge in [-0.25, -0.2) is 0 Å². The van der Waals surface area contributed by atoms with E-state index in [0.717, 1.165) is 19.3 Å². The Morgan fingerprint density at radius 1 is 1.10 bits per heavy atom. The van der Waals surface area contributed by atoms with Gasteiger partial charge in [0.1, 0.15) is 24.3 Å². The van der Waals surface area contributed by atoms with Gasteiger partial charge in [0, 0.05) is 18.2 Å². The molecule has 2 aromatic carbocycles. The fourth-order valence-corrected chi connectivity index (χ4v) is 3.78. The molecule has 0 bridgehead atoms. The van der Waals surface area contributed by atoms with Crippen LogP contribution in [0.25, 0.3) is 0 Å². The minimum Gasteiger partial charge on any atom is -0.507 e. The Kier molecular flexibility index (Phi) is 6.91. The maximum atomic E-state index is 11.6. The molecule has 2 atom stereocenters. The smallest absolute Gasteiger partial charge is 0.168 e. The number of aromatic hydroxyl groups is 2. The number of carbonyl (C=O) groups excluding carboxylic acids is 2. The number of methoxy groups -OCH3 is 1. The first-order valence-corrected chi connectivity index (χ1v) is 9.70. The highest BCUT2D eigenvalue weighted by Gasteiger charge is 2.31. The van der Waals surface area contributed by atoms with Crippen molar-refractivity contribution in [3.8, 4) is 23.0 Å². The first kappa shape index (κ1) is 21.6. The third-order valence-corrected chi connectivity index (χ3v) is 5.41. The summed E-state index contributed by atoms with van der Waals surface area (Å²) < 4.78 is 10.8. The molecule has 0 saturated carbocycles. The van der Waals surface area contributed by atoms with Crippen LogP contribution in [0.2, 0.25) is 0 Å². The number of likely N-dealkylation sites (tertiary alicyclic amines) is 1. The first-order chi connectivity index (χ1) is 14.5. The lowest BCUT2D eigenvalue weighted by Crippen LogP contribution is -2.45. The largest absolute Gasteiger partial charge is 0.507 e. The summed E-state index contributed by atoms with van der Waals surface area (Å²) in [5.41, 5.74) is 0.327. The minimum absolute atomic E-state index is 0.0247. The average Bonchev–Trinajstić information content (AvgIpc) is 2.77. The second-order valence-corrected chi connectivity index (χ2v) is 7.12. The molecule has 160 valence electrons. The molecule has 0 radical (unpaired) electrons. The van der Waals surface area contributed by atoms with Gasteiger partial charge >= 0.3 is 0 Å². The molecule has 3 N–H and O–H groups in total. The maximum absolute atomic E-state index is 11.6. The number of benzene rings is 2. The molecular weight excluding hydrogens is 390 g/mol. The van der Waals surface area contributed by atoms with Crippen LogP contribution in [0.5, 0.6) is 23.0 Å². The van der Waals surface area contributed by atoms with Crippen LogP contribution in [0.1, 0.15) is 51.8 Å². The van der Waals surface area contributed by atoms with Crippen LogP contribution in [-0.2, 0) is 0 Å². The zero-order valence-electron chi connectivity index (χ0n) is 16.7. The standard InChI is InChI=1S/C22H25NO7/c1-29-20-9-8-15(16(11-24)21(20)27)22(28)23-10-3-2-5-14(23)13-30-19-7-4-6-18(26)17(19)12-25/h4,6-9,11-12,14,22,26-28H,2-3,5,10,13H2,1H3/t14-,22?/m0/s1. The quantitative estimate of drug-likeness (QED) is 0.564. The van der Waals surface area contributed by atoms with Crippen molar-refractivity contribution in [1.82, 2.24) is 4.90 Å². The molecular formula is C22H25NO7. The number of aliphatic hydroxyl groups excluding tert-OH is 1. The fourth-order valence-electron chi connectivity index (χ4n) is 3.78. The van der Waals surface area contributed by atoms with Crippen LogP contribution in [0, 0.1) is 0 Å². The summed E-state index contributed by atoms with van der Waals surface area (Å²) in [6, 6.07) is 7.45. The summed E-state index contributed by atoms with van der Waals surface area (Å²) in [7, 11) is 1.38. The number of carbonyl (C=O) groups is 2. The van der Waals surface area contributed by atoms with E-state index in [1.54, 1.807) is 23.1 Å². The van der Waals surface area contributed by atoms with Gasteiger partial charge in [-0.15, -0.1) is 0 Å². The van der Waals surface area contributed by atoms with Gasteiger partial charge in [-0.3, -0.25) is 14.5 Å². The summed E-state index contributed by atoms with van der Waals surface area (Å²) in [5.74, 6) is -0.0610. The van der Waals surface area contributed by atoms with Crippen molar-refractivity contribution in [2.45, 2.75) is 31.5 Å². The van der Waals surface area contributed by atoms with Gasteiger partial charge in [0.2, 0.25) is 0 Å². The lowest BCUT2D eigenvalue weighted by molar-refractivity contribution is -0.0545. The zero-order valence-corrected chi connectivity index (χ0v) is 16.7. The SMILES string of the molecule is COc1ccc(C(O)N2CCCC[C@H]2COc2cccc(O)c2C=O)c(C=O)c1O. The number of phenolic OH excluding ortho intramolecular Hbond substituents is 2. The van der Waals surface area contributed by atoms with Crippen molar-refractivity contribution in [3.63, 3.8) is 0 Å². The number of aliphatic hydroxyl groups is 1. The molecule has 3 rings (SSSR count). The average molecular weight is 415 g/mol. The van der Waals surface area contributed by atoms with E-state index >= 15 is 0 Å². The van der Waals surface area contributed by atoms with Crippen LogP contribution >= 0.6 is 0 Å². The van der Waals surface area contributed by atoms with Crippen molar-refractivity contribution < 1.29 is 34.4 Å². The number of piperidine rings is 1. The zero-order chi connectivity index (χ0) is 21.7. The van der Waals surface area contributed by atoms with Gasteiger partial charge < -0.3 is 24.8 Å². The number of phenols is 2. The Morgan fingerprint density at radius 3 is 2.57 bits per heavy atom. The summed E-state index contributed by atoms with van der Waals surface area (Å²) in [6.45, 7) is 0.751. The minimum atomic E-state index is -1.13. The van der Waals surface area contributed by atoms with Crippen molar-refractivity contribution in [2.75, 3.05) is 20.3 Å². The second kappa shape index (κ2) is 9.60. The van der Waals surface area contributed by atoms with Crippen LogP contribution in [0.3, 0.4) is 0 Å². The number of nitrogens with zero attached hydrogens (tertiary/aromatic N) is 1. The number of ether oxygens (including phenoxy) is 2. The van der Waals surface area contributed by atoms with Gasteiger partial charge in [-0.05, 0) is 31.0 Å². The Labute approximate surface area is 174 Å². The fraction of sp³-hybridized carbons (Fsp3) is 0.364. The first-order valence-electron chi connectivity index (χ1n) is 9.70. The van der Waals surface area contributed by atoms with Gasteiger partial charge in [-0.2, -0.15) is 0 Å². The molecule has 0 amide bonds. The topological polar surface area (TPSA) is 117 Å². The monoisotopic (exact) mass is 415 g/mol. The highest BCUT2D eigenvalue weighted by atomic mass is 16.5. The van der Waals surface area contributed by atoms with E-state index in [9.17, 15) is 24.9 Å². The van der Waals surface area contributed by atoms with Crippen LogP contribution in [0.4, 0.5) is 0 Å². The third kappa shape index (κ3) is 4.24. The second-order valence-electron chi connectivity index (χ2n) is 7.12. The van der Waals surface area contributed by atoms with Gasteiger partial charge in [0.15, 0.2) is 24.1 Å². The van der Waals surface area contributed by atoms with E-state index in [2.05, 4.69) is 0 Å². The molecule has 8 heteroatoms. The summed E-state index contributed by atoms with van der Waals surface area (Å²) in [6.07, 6.45) is 2.43. The van der Waals surface area contributed by atoms with Crippen molar-refractivity contribution in [2.24, 2.45) is 0 Å². The molecule has 1 fully saturated rings. The molecule has 0 spiro atoms. The maximum Gasteiger partial charge on any atom is 0.168 e. The number of hydrogen-bond acceptors (Lipinski definition) is 8. The van der Waals surface area contributed by atoms with E-state index < -0.39 is 6.23 Å². The summed E-state index contributed by atoms with van der Waals surface area (Å²) >= 11 is 0. The van der Waals surface area contributed by atoms with E-state index in [4.69, 9.17) is 9.47 Å². The predicted octanol–water partition coefficient (Wildman–Crippen LogP) is 2.66. The molecule has 1 unspecified atom stereocenters. The Hall–Kier alpha value is -3.10. The lowest BCUT2D eigenvalue weighted by atomic mass is 9.98. The van der Waals surface area contributed by atoms with Gasteiger partial charge in [0.05, 0.1) is 18.2 Å². The van der Waals surface area contributed by atoms with Crippen LogP contribution in [-0.4, -0.2) is 59.1 Å². The Balaban J connectivity index is 1.82. The molecule has 8 nitrogen and oxygen atoms in total. The van der Waals surface area contributed by atoms with E-state index in [1.807, 2.05) is 0 Å². The molecule has 2 aromatic rings. The van der Waals surface area contributed by atoms with Crippen LogP contribution < -0.4 is 9.47 Å². The molecule has 0 aliphatic carbocycles. The van der Waals surface area contributed by atoms with Gasteiger partial charge in [0.25, 0.3) is 0 Å². The lowest BCUT2D eigenvalue weighted by Gasteiger charge is -2.39.